The second kappa shape index (κ2) is 83.5. The molecule has 2 rings (SSSR count). The summed E-state index contributed by atoms with van der Waals surface area (Å²) in [5.41, 5.74) is 22.3. The number of hydrogen-bond donors (Lipinski definition) is 0. The zero-order chi connectivity index (χ0) is 72.8. The first-order chi connectivity index (χ1) is 49.4. The molecule has 0 unspecified atom stereocenters. The van der Waals surface area contributed by atoms with E-state index in [2.05, 4.69) is 116 Å². The molecule has 0 radical (unpaired) electrons. The Bertz CT molecular complexity index is 1970. The largest absolute Gasteiger partial charge is 2.00 e. The molecule has 0 saturated heterocycles. The summed E-state index contributed by atoms with van der Waals surface area (Å²) in [5, 5.41) is 0. The van der Waals surface area contributed by atoms with Crippen LogP contribution in [0.5, 0.6) is 0 Å². The average molecular weight is 1440 g/mol. The average Bonchev–Trinajstić information content (AvgIpc) is 0.789. The maximum absolute atomic E-state index is 10.0. The van der Waals surface area contributed by atoms with Crippen LogP contribution in [0, 0.1) is 13.8 Å². The van der Waals surface area contributed by atoms with Crippen LogP contribution in [0.15, 0.2) is 47.5 Å². The standard InChI is InChI=1S/C66H112N2.2C16H33.Ni/c1-7-13-17-19-21-23-25-27-29-31-33-35-37-39-41-43-45-47-60-52-61(48-46-44-42-40-38-36-34-32-30-28-26-24-22-20-18-14-8-2)56-64(55-60)66(63-53-58(11-5)51-59(12-6)54-63)65(50-16-10-4)62(57-68-67)49-15-9-3;2*1-3-5-7-9-11-13-15-16-14-12-10-8-6-4-2;/h51-56H,7-50H2,1-6H3;2*1,3-16H2,2H3;/q;2*-1;+2. The summed E-state index contributed by atoms with van der Waals surface area (Å²) >= 11 is 0. The van der Waals surface area contributed by atoms with E-state index in [0.717, 1.165) is 82.6 Å². The smallest absolute Gasteiger partial charge is 0.348 e. The van der Waals surface area contributed by atoms with Crippen LogP contribution in [-0.4, -0.2) is 10.7 Å². The number of nitrogens with zero attached hydrogens (tertiary/aromatic N) is 2. The van der Waals surface area contributed by atoms with Crippen LogP contribution in [0.3, 0.4) is 0 Å². The molecule has 0 aliphatic heterocycles. The Morgan fingerprint density at radius 3 is 0.703 bits per heavy atom. The molecule has 2 aromatic carbocycles. The molecule has 0 bridgehead atoms. The number of unbranched alkanes of at least 4 members (excludes halogenated alkanes) is 60. The molecule has 2 aromatic rings. The van der Waals surface area contributed by atoms with E-state index < -0.39 is 0 Å². The molecule has 0 saturated carbocycles. The quantitative estimate of drug-likeness (QED) is 0.0120. The van der Waals surface area contributed by atoms with Crippen LogP contribution < -0.4 is 0 Å². The first kappa shape index (κ1) is 101. The Hall–Kier alpha value is -2.17. The Morgan fingerprint density at radius 2 is 0.475 bits per heavy atom. The van der Waals surface area contributed by atoms with Gasteiger partial charge in [0.05, 0.1) is 5.57 Å². The number of rotatable bonds is 73. The van der Waals surface area contributed by atoms with E-state index in [9.17, 15) is 5.53 Å². The minimum atomic E-state index is 0. The molecule has 101 heavy (non-hydrogen) atoms. The molecule has 590 valence electrons. The summed E-state index contributed by atoms with van der Waals surface area (Å²) in [6.07, 6.45) is 98.3. The molecular weight excluding hydrogens is 1260 g/mol. The van der Waals surface area contributed by atoms with Crippen molar-refractivity contribution in [1.29, 1.82) is 0 Å². The van der Waals surface area contributed by atoms with Gasteiger partial charge in [0.25, 0.3) is 0 Å². The van der Waals surface area contributed by atoms with Crippen LogP contribution in [-0.2, 0) is 42.2 Å². The predicted molar refractivity (Wildman–Crippen MR) is 456 cm³/mol. The molecule has 2 nitrogen and oxygen atoms in total. The van der Waals surface area contributed by atoms with Crippen molar-refractivity contribution in [2.24, 2.45) is 0 Å². The number of hydrogen-bond acceptors (Lipinski definition) is 0. The third-order valence-electron chi connectivity index (χ3n) is 21.8. The van der Waals surface area contributed by atoms with Gasteiger partial charge in [-0.05, 0) is 109 Å². The van der Waals surface area contributed by atoms with E-state index >= 15 is 0 Å². The van der Waals surface area contributed by atoms with Crippen molar-refractivity contribution >= 4 is 11.4 Å². The van der Waals surface area contributed by atoms with Crippen molar-refractivity contribution in [3.05, 3.63) is 100 Å². The summed E-state index contributed by atoms with van der Waals surface area (Å²) in [6, 6.07) is 15.0. The molecule has 0 heterocycles. The van der Waals surface area contributed by atoms with Crippen molar-refractivity contribution < 1.29 is 21.3 Å². The molecule has 3 heteroatoms. The van der Waals surface area contributed by atoms with Crippen LogP contribution in [0.2, 0.25) is 0 Å². The molecule has 0 amide bonds. The van der Waals surface area contributed by atoms with E-state index in [1.807, 2.05) is 0 Å². The summed E-state index contributed by atoms with van der Waals surface area (Å²) in [4.78, 5) is 3.59. The van der Waals surface area contributed by atoms with Gasteiger partial charge in [-0.2, -0.15) is 12.8 Å². The molecule has 0 N–H and O–H groups in total. The summed E-state index contributed by atoms with van der Waals surface area (Å²) in [5.74, 6) is 3.15. The topological polar surface area (TPSA) is 36.4 Å². The fourth-order valence-electron chi connectivity index (χ4n) is 15.0. The van der Waals surface area contributed by atoms with Crippen molar-refractivity contribution in [3.8, 4) is 0 Å². The van der Waals surface area contributed by atoms with Gasteiger partial charge >= 0.3 is 22.4 Å². The van der Waals surface area contributed by atoms with Crippen LogP contribution in [0.4, 0.5) is 0 Å². The van der Waals surface area contributed by atoms with Gasteiger partial charge in [-0.3, -0.25) is 0 Å². The van der Waals surface area contributed by atoms with Gasteiger partial charge in [0.2, 0.25) is 0 Å². The van der Waals surface area contributed by atoms with Gasteiger partial charge in [0.1, 0.15) is 0 Å². The van der Waals surface area contributed by atoms with Gasteiger partial charge in [-0.15, -0.1) is 4.79 Å². The fourth-order valence-corrected chi connectivity index (χ4v) is 15.0. The first-order valence-corrected chi connectivity index (χ1v) is 45.9. The SMILES string of the molecule is CCCCCCCCCCCCCCCCCCCc1cc(CCCCCCCCCCCCCCCCCCC)cc(C(=C(CCCC)C(=C=[N+]=[N-])CCCC)c2cc(CC)cc(CC)c2)c1.[CH2-]CCCCCCCCCCCCCCC.[CH2-]CCCCCCCCCCCCCCC.[Ni+2]. The zero-order valence-corrected chi connectivity index (χ0v) is 71.0. The third-order valence-corrected chi connectivity index (χ3v) is 21.8. The number of allylic oxidation sites excluding steroid dienone is 2. The number of benzene rings is 2. The summed E-state index contributed by atoms with van der Waals surface area (Å²) in [7, 11) is 0. The van der Waals surface area contributed by atoms with Gasteiger partial charge in [-0.25, -0.2) is 0 Å². The molecule has 0 aliphatic rings. The normalized spacial score (nSPS) is 11.4. The molecule has 0 atom stereocenters. The van der Waals surface area contributed by atoms with E-state index in [4.69, 9.17) is 0 Å². The Kier molecular flexibility index (Phi) is 83.4. The molecule has 0 aromatic heterocycles. The maximum Gasteiger partial charge on any atom is 2.00 e. The second-order valence-corrected chi connectivity index (χ2v) is 31.5. The van der Waals surface area contributed by atoms with E-state index in [0.29, 0.717) is 0 Å². The molecular formula is C98H178N2Ni. The van der Waals surface area contributed by atoms with Gasteiger partial charge in [-0.1, -0.05) is 477 Å². The van der Waals surface area contributed by atoms with Crippen LogP contribution in [0.25, 0.3) is 11.1 Å². The first-order valence-electron chi connectivity index (χ1n) is 45.9. The summed E-state index contributed by atoms with van der Waals surface area (Å²) in [6.45, 7) is 26.1. The third kappa shape index (κ3) is 65.8. The Balaban J connectivity index is 0. The van der Waals surface area contributed by atoms with Crippen molar-refractivity contribution in [2.75, 3.05) is 0 Å². The van der Waals surface area contributed by atoms with Crippen molar-refractivity contribution in [3.63, 3.8) is 0 Å². The van der Waals surface area contributed by atoms with Gasteiger partial charge in [0.15, 0.2) is 0 Å². The predicted octanol–water partition coefficient (Wildman–Crippen LogP) is 34.8. The second-order valence-electron chi connectivity index (χ2n) is 31.5. The van der Waals surface area contributed by atoms with E-state index in [1.54, 1.807) is 0 Å². The van der Waals surface area contributed by atoms with E-state index in [-0.39, 0.29) is 16.5 Å². The maximum atomic E-state index is 10.0. The molecule has 0 aliphatic carbocycles. The van der Waals surface area contributed by atoms with Gasteiger partial charge in [0, 0.05) is 0 Å². The fraction of sp³-hybridized carbons (Fsp3) is 0.816. The Morgan fingerprint density at radius 1 is 0.267 bits per heavy atom. The minimum absolute atomic E-state index is 0. The molecule has 0 fully saturated rings. The monoisotopic (exact) mass is 1440 g/mol. The number of aryl methyl sites for hydroxylation is 4. The van der Waals surface area contributed by atoms with Crippen molar-refractivity contribution in [2.45, 2.75) is 518 Å². The zero-order valence-electron chi connectivity index (χ0n) is 70.0. The van der Waals surface area contributed by atoms with Crippen LogP contribution in [0.1, 0.15) is 525 Å². The minimum Gasteiger partial charge on any atom is -0.348 e. The van der Waals surface area contributed by atoms with E-state index in [1.165, 1.54) is 430 Å². The molecule has 0 spiro atoms. The van der Waals surface area contributed by atoms with Gasteiger partial charge < -0.3 is 19.4 Å². The Labute approximate surface area is 646 Å². The van der Waals surface area contributed by atoms with Crippen LogP contribution >= 0.6 is 0 Å². The summed E-state index contributed by atoms with van der Waals surface area (Å²) < 4.78 is 0. The van der Waals surface area contributed by atoms with Crippen molar-refractivity contribution in [1.82, 2.24) is 0 Å².